The molecule has 0 unspecified atom stereocenters. The van der Waals surface area contributed by atoms with E-state index >= 15 is 0 Å². The number of hydrogen-bond acceptors (Lipinski definition) is 3. The highest BCUT2D eigenvalue weighted by Gasteiger charge is 2.15. The van der Waals surface area contributed by atoms with Crippen LogP contribution in [0.1, 0.15) is 12.8 Å². The van der Waals surface area contributed by atoms with Crippen LogP contribution in [0.4, 0.5) is 3.89 Å². The number of amides is 1. The van der Waals surface area contributed by atoms with Gasteiger partial charge in [0.15, 0.2) is 0 Å². The van der Waals surface area contributed by atoms with E-state index in [-0.39, 0.29) is 11.3 Å². The van der Waals surface area contributed by atoms with Crippen molar-refractivity contribution in [1.82, 2.24) is 4.90 Å². The monoisotopic (exact) mass is 221 g/mol. The summed E-state index contributed by atoms with van der Waals surface area (Å²) in [6.07, 6.45) is 3.28. The minimum atomic E-state index is -4.40. The molecule has 0 aromatic heterocycles. The first kappa shape index (κ1) is 12.8. The highest BCUT2D eigenvalue weighted by molar-refractivity contribution is 7.89. The number of carbonyl (C=O) groups is 1. The number of hydrogen-bond donors (Lipinski definition) is 0. The Hall–Kier alpha value is -1.17. The van der Waals surface area contributed by atoms with E-state index in [0.717, 1.165) is 13.0 Å². The van der Waals surface area contributed by atoms with E-state index in [4.69, 9.17) is 0 Å². The van der Waals surface area contributed by atoms with E-state index in [2.05, 4.69) is 13.2 Å². The van der Waals surface area contributed by atoms with Crippen LogP contribution in [-0.4, -0.2) is 25.8 Å². The van der Waals surface area contributed by atoms with Gasteiger partial charge in [0.2, 0.25) is 5.91 Å². The first-order valence-electron chi connectivity index (χ1n) is 3.90. The number of halogens is 1. The lowest BCUT2D eigenvalue weighted by atomic mass is 10.4. The molecule has 0 aliphatic carbocycles. The molecule has 0 atom stereocenters. The normalized spacial score (nSPS) is 15.8. The van der Waals surface area contributed by atoms with E-state index in [9.17, 15) is 17.1 Å². The molecule has 1 fully saturated rings. The maximum Gasteiger partial charge on any atom is 0.324 e. The summed E-state index contributed by atoms with van der Waals surface area (Å²) in [5.74, 6) is 0.208. The third-order valence-electron chi connectivity index (χ3n) is 1.53. The van der Waals surface area contributed by atoms with Gasteiger partial charge in [-0.1, -0.05) is 13.2 Å². The van der Waals surface area contributed by atoms with Crippen LogP contribution in [0.15, 0.2) is 24.8 Å². The lowest BCUT2D eigenvalue weighted by Gasteiger charge is -2.05. The second-order valence-corrected chi connectivity index (χ2v) is 3.80. The van der Waals surface area contributed by atoms with E-state index in [1.54, 1.807) is 11.1 Å². The molecule has 14 heavy (non-hydrogen) atoms. The molecule has 1 heterocycles. The van der Waals surface area contributed by atoms with Gasteiger partial charge in [-0.05, 0) is 12.6 Å². The molecule has 6 heteroatoms. The molecule has 4 nitrogen and oxygen atoms in total. The summed E-state index contributed by atoms with van der Waals surface area (Å²) in [6, 6.07) is 0. The average molecular weight is 221 g/mol. The zero-order valence-corrected chi connectivity index (χ0v) is 8.46. The molecular weight excluding hydrogens is 209 g/mol. The fourth-order valence-corrected chi connectivity index (χ4v) is 0.862. The molecule has 1 amide bonds. The lowest BCUT2D eigenvalue weighted by Crippen LogP contribution is -2.16. The Kier molecular flexibility index (Phi) is 5.07. The summed E-state index contributed by atoms with van der Waals surface area (Å²) in [4.78, 5) is 12.3. The molecule has 0 spiro atoms. The molecule has 0 N–H and O–H groups in total. The van der Waals surface area contributed by atoms with Crippen LogP contribution in [-0.2, 0) is 15.0 Å². The largest absolute Gasteiger partial charge is 0.324 e. The number of nitrogens with zero attached hydrogens (tertiary/aromatic N) is 1. The Morgan fingerprint density at radius 3 is 2.07 bits per heavy atom. The molecule has 0 saturated carbocycles. The summed E-state index contributed by atoms with van der Waals surface area (Å²) >= 11 is 0. The lowest BCUT2D eigenvalue weighted by molar-refractivity contribution is -0.125. The van der Waals surface area contributed by atoms with Crippen molar-refractivity contribution in [3.63, 3.8) is 0 Å². The first-order chi connectivity index (χ1) is 6.40. The molecule has 1 saturated heterocycles. The maximum absolute atomic E-state index is 11.0. The minimum Gasteiger partial charge on any atom is -0.320 e. The van der Waals surface area contributed by atoms with Crippen molar-refractivity contribution in [3.8, 4) is 0 Å². The van der Waals surface area contributed by atoms with Gasteiger partial charge in [-0.3, -0.25) is 4.79 Å². The predicted octanol–water partition coefficient (Wildman–Crippen LogP) is 1.18. The van der Waals surface area contributed by atoms with Gasteiger partial charge in [-0.2, -0.15) is 8.42 Å². The predicted molar refractivity (Wildman–Crippen MR) is 51.4 cm³/mol. The summed E-state index contributed by atoms with van der Waals surface area (Å²) < 4.78 is 29.4. The first-order valence-corrected chi connectivity index (χ1v) is 5.34. The Morgan fingerprint density at radius 1 is 1.43 bits per heavy atom. The fourth-order valence-electron chi connectivity index (χ4n) is 0.862. The highest BCUT2D eigenvalue weighted by atomic mass is 32.3. The van der Waals surface area contributed by atoms with Gasteiger partial charge >= 0.3 is 10.2 Å². The van der Waals surface area contributed by atoms with Crippen LogP contribution in [0.2, 0.25) is 0 Å². The van der Waals surface area contributed by atoms with Crippen LogP contribution < -0.4 is 0 Å². The van der Waals surface area contributed by atoms with Gasteiger partial charge in [-0.25, -0.2) is 0 Å². The van der Waals surface area contributed by atoms with E-state index in [1.165, 1.54) is 0 Å². The molecule has 0 bridgehead atoms. The van der Waals surface area contributed by atoms with Gasteiger partial charge in [0, 0.05) is 13.0 Å². The van der Waals surface area contributed by atoms with Gasteiger partial charge in [-0.15, -0.1) is 3.89 Å². The Balaban J connectivity index is 0.000000255. The smallest absolute Gasteiger partial charge is 0.320 e. The number of carbonyl (C=O) groups excluding carboxylic acids is 1. The van der Waals surface area contributed by atoms with Crippen molar-refractivity contribution in [2.75, 3.05) is 6.54 Å². The van der Waals surface area contributed by atoms with Crippen LogP contribution in [0.25, 0.3) is 0 Å². The topological polar surface area (TPSA) is 54.5 Å². The van der Waals surface area contributed by atoms with Crippen molar-refractivity contribution in [3.05, 3.63) is 24.8 Å². The quantitative estimate of drug-likeness (QED) is 0.658. The van der Waals surface area contributed by atoms with Crippen molar-refractivity contribution in [1.29, 1.82) is 0 Å². The molecule has 1 aliphatic rings. The van der Waals surface area contributed by atoms with Crippen molar-refractivity contribution < 1.29 is 17.1 Å². The fraction of sp³-hybridized carbons (Fsp3) is 0.375. The van der Waals surface area contributed by atoms with E-state index in [0.29, 0.717) is 6.42 Å². The summed E-state index contributed by atoms with van der Waals surface area (Å²) in [6.45, 7) is 7.03. The molecule has 1 aliphatic heterocycles. The highest BCUT2D eigenvalue weighted by Crippen LogP contribution is 2.08. The van der Waals surface area contributed by atoms with Gasteiger partial charge in [0.1, 0.15) is 0 Å². The van der Waals surface area contributed by atoms with Crippen LogP contribution in [0, 0.1) is 0 Å². The second kappa shape index (κ2) is 5.54. The summed E-state index contributed by atoms with van der Waals surface area (Å²) in [5, 5.41) is 0.243. The Labute approximate surface area is 82.9 Å². The molecule has 1 rings (SSSR count). The van der Waals surface area contributed by atoms with Gasteiger partial charge < -0.3 is 4.90 Å². The van der Waals surface area contributed by atoms with Gasteiger partial charge in [0.05, 0.1) is 5.41 Å². The van der Waals surface area contributed by atoms with E-state index < -0.39 is 10.2 Å². The maximum atomic E-state index is 11.0. The van der Waals surface area contributed by atoms with Gasteiger partial charge in [0.25, 0.3) is 0 Å². The minimum absolute atomic E-state index is 0.208. The van der Waals surface area contributed by atoms with Crippen LogP contribution >= 0.6 is 0 Å². The summed E-state index contributed by atoms with van der Waals surface area (Å²) in [5.41, 5.74) is 0. The number of likely N-dealkylation sites (tertiary alicyclic amines) is 1. The second-order valence-electron chi connectivity index (χ2n) is 2.52. The third-order valence-corrected chi connectivity index (χ3v) is 1.93. The zero-order valence-electron chi connectivity index (χ0n) is 7.65. The SMILES string of the molecule is C=CN1CCCC1=O.C=CS(=O)(=O)F. The number of rotatable bonds is 2. The molecule has 0 aromatic carbocycles. The van der Waals surface area contributed by atoms with E-state index in [1.807, 2.05) is 0 Å². The summed E-state index contributed by atoms with van der Waals surface area (Å²) in [7, 11) is -4.40. The van der Waals surface area contributed by atoms with Crippen LogP contribution in [0.3, 0.4) is 0 Å². The van der Waals surface area contributed by atoms with Crippen molar-refractivity contribution in [2.45, 2.75) is 12.8 Å². The average Bonchev–Trinajstić information content (AvgIpc) is 2.51. The Morgan fingerprint density at radius 2 is 1.93 bits per heavy atom. The van der Waals surface area contributed by atoms with Crippen molar-refractivity contribution >= 4 is 16.1 Å². The molecule has 0 aromatic rings. The zero-order chi connectivity index (χ0) is 11.2. The molecular formula is C8H12FNO3S. The third kappa shape index (κ3) is 5.47. The van der Waals surface area contributed by atoms with Crippen molar-refractivity contribution in [2.24, 2.45) is 0 Å². The standard InChI is InChI=1S/C6H9NO.C2H3FO2S/c1-2-7-5-3-4-6(7)8;1-2-6(3,4)5/h2H,1,3-5H2;2H,1H2. The van der Waals surface area contributed by atoms with Crippen LogP contribution in [0.5, 0.6) is 0 Å². The Bertz CT molecular complexity index is 312. The molecule has 80 valence electrons. The molecule has 0 radical (unpaired) electrons.